The highest BCUT2D eigenvalue weighted by Crippen LogP contribution is 2.17. The minimum atomic E-state index is -4.24. The summed E-state index contributed by atoms with van der Waals surface area (Å²) in [5, 5.41) is 8.96. The molecule has 0 rings (SSSR count). The number of alkyl halides is 3. The lowest BCUT2D eigenvalue weighted by molar-refractivity contribution is -0.174. The zero-order valence-corrected chi connectivity index (χ0v) is 9.18. The Morgan fingerprint density at radius 1 is 1.27 bits per heavy atom. The minimum Gasteiger partial charge on any atom is -0.396 e. The van der Waals surface area contributed by atoms with Crippen LogP contribution in [0.3, 0.4) is 0 Å². The van der Waals surface area contributed by atoms with Gasteiger partial charge in [0.15, 0.2) is 0 Å². The molecule has 0 spiro atoms. The maximum Gasteiger partial charge on any atom is 0.411 e. The van der Waals surface area contributed by atoms with Crippen molar-refractivity contribution >= 4 is 0 Å². The third kappa shape index (κ3) is 8.69. The Hall–Kier alpha value is -0.290. The fraction of sp³-hybridized carbons (Fsp3) is 1.00. The summed E-state index contributed by atoms with van der Waals surface area (Å²) in [6, 6.07) is 0. The maximum atomic E-state index is 11.7. The lowest BCUT2D eigenvalue weighted by Gasteiger charge is -2.17. The fourth-order valence-electron chi connectivity index (χ4n) is 1.27. The summed E-state index contributed by atoms with van der Waals surface area (Å²) in [6.07, 6.45) is -2.99. The summed E-state index contributed by atoms with van der Waals surface area (Å²) in [6.45, 7) is 2.97. The van der Waals surface area contributed by atoms with Crippen LogP contribution in [0, 0.1) is 11.8 Å². The van der Waals surface area contributed by atoms with E-state index >= 15 is 0 Å². The molecule has 0 heterocycles. The number of rotatable bonds is 7. The molecule has 0 aliphatic carbocycles. The van der Waals surface area contributed by atoms with Crippen LogP contribution in [0.5, 0.6) is 0 Å². The maximum absolute atomic E-state index is 11.7. The zero-order chi connectivity index (χ0) is 11.9. The van der Waals surface area contributed by atoms with Crippen molar-refractivity contribution in [3.63, 3.8) is 0 Å². The van der Waals surface area contributed by atoms with Crippen molar-refractivity contribution in [2.24, 2.45) is 11.8 Å². The molecule has 1 N–H and O–H groups in total. The number of hydrogen-bond acceptors (Lipinski definition) is 2. The van der Waals surface area contributed by atoms with E-state index in [0.717, 1.165) is 0 Å². The second-order valence-electron chi connectivity index (χ2n) is 4.00. The van der Waals surface area contributed by atoms with Gasteiger partial charge in [-0.3, -0.25) is 0 Å². The molecule has 0 saturated carbocycles. The molecule has 0 aromatic heterocycles. The Kier molecular flexibility index (Phi) is 6.92. The largest absolute Gasteiger partial charge is 0.411 e. The van der Waals surface area contributed by atoms with Crippen molar-refractivity contribution in [3.05, 3.63) is 0 Å². The van der Waals surface area contributed by atoms with Gasteiger partial charge in [0.25, 0.3) is 0 Å². The number of aliphatic hydroxyl groups is 1. The quantitative estimate of drug-likeness (QED) is 0.679. The van der Waals surface area contributed by atoms with Crippen LogP contribution in [0.2, 0.25) is 0 Å². The van der Waals surface area contributed by atoms with Gasteiger partial charge in [-0.25, -0.2) is 0 Å². The van der Waals surface area contributed by atoms with E-state index in [2.05, 4.69) is 4.74 Å². The summed E-state index contributed by atoms with van der Waals surface area (Å²) < 4.78 is 39.5. The molecule has 2 nitrogen and oxygen atoms in total. The Balaban J connectivity index is 3.45. The van der Waals surface area contributed by atoms with E-state index in [-0.39, 0.29) is 19.1 Å². The van der Waals surface area contributed by atoms with Crippen molar-refractivity contribution in [2.45, 2.75) is 32.9 Å². The van der Waals surface area contributed by atoms with E-state index in [1.54, 1.807) is 0 Å². The van der Waals surface area contributed by atoms with Gasteiger partial charge in [-0.05, 0) is 24.7 Å². The molecule has 0 amide bonds. The molecule has 0 fully saturated rings. The van der Waals surface area contributed by atoms with Gasteiger partial charge >= 0.3 is 6.18 Å². The molecular formula is C10H19F3O2. The number of hydrogen-bond donors (Lipinski definition) is 1. The number of halogens is 3. The second kappa shape index (κ2) is 7.06. The molecular weight excluding hydrogens is 209 g/mol. The highest BCUT2D eigenvalue weighted by molar-refractivity contribution is 4.61. The predicted molar refractivity (Wildman–Crippen MR) is 51.5 cm³/mol. The molecule has 1 unspecified atom stereocenters. The first-order valence-corrected chi connectivity index (χ1v) is 5.12. The fourth-order valence-corrected chi connectivity index (χ4v) is 1.27. The molecule has 15 heavy (non-hydrogen) atoms. The standard InChI is InChI=1S/C10H19F3O2/c1-8(2)9(6-14)4-3-5-15-7-10(11,12)13/h8-9,14H,3-7H2,1-2H3. The molecule has 92 valence electrons. The van der Waals surface area contributed by atoms with E-state index in [1.165, 1.54) is 0 Å². The normalized spacial score (nSPS) is 14.6. The molecule has 1 atom stereocenters. The topological polar surface area (TPSA) is 29.5 Å². The van der Waals surface area contributed by atoms with Crippen molar-refractivity contribution in [1.82, 2.24) is 0 Å². The third-order valence-corrected chi connectivity index (χ3v) is 2.31. The Bertz CT molecular complexity index is 157. The van der Waals surface area contributed by atoms with Gasteiger partial charge < -0.3 is 9.84 Å². The van der Waals surface area contributed by atoms with Crippen LogP contribution in [0.1, 0.15) is 26.7 Å². The molecule has 0 aliphatic heterocycles. The second-order valence-corrected chi connectivity index (χ2v) is 4.00. The summed E-state index contributed by atoms with van der Waals surface area (Å²) >= 11 is 0. The summed E-state index contributed by atoms with van der Waals surface area (Å²) in [5.74, 6) is 0.497. The first-order chi connectivity index (χ1) is 6.87. The van der Waals surface area contributed by atoms with Gasteiger partial charge in [0.05, 0.1) is 0 Å². The summed E-state index contributed by atoms with van der Waals surface area (Å²) in [4.78, 5) is 0. The highest BCUT2D eigenvalue weighted by atomic mass is 19.4. The van der Waals surface area contributed by atoms with Gasteiger partial charge in [0.1, 0.15) is 6.61 Å². The van der Waals surface area contributed by atoms with E-state index in [9.17, 15) is 13.2 Å². The van der Waals surface area contributed by atoms with Crippen LogP contribution < -0.4 is 0 Å². The van der Waals surface area contributed by atoms with Gasteiger partial charge in [-0.1, -0.05) is 13.8 Å². The van der Waals surface area contributed by atoms with E-state index in [1.807, 2.05) is 13.8 Å². The van der Waals surface area contributed by atoms with Crippen LogP contribution in [0.4, 0.5) is 13.2 Å². The lowest BCUT2D eigenvalue weighted by Crippen LogP contribution is -2.18. The van der Waals surface area contributed by atoms with Crippen LogP contribution in [0.25, 0.3) is 0 Å². The predicted octanol–water partition coefficient (Wildman–Crippen LogP) is 2.61. The van der Waals surface area contributed by atoms with Crippen molar-refractivity contribution in [2.75, 3.05) is 19.8 Å². The molecule has 0 saturated heterocycles. The lowest BCUT2D eigenvalue weighted by atomic mass is 9.92. The van der Waals surface area contributed by atoms with Crippen LogP contribution in [0.15, 0.2) is 0 Å². The average molecular weight is 228 g/mol. The van der Waals surface area contributed by atoms with Gasteiger partial charge in [0, 0.05) is 13.2 Å². The number of aliphatic hydroxyl groups excluding tert-OH is 1. The average Bonchev–Trinajstić information content (AvgIpc) is 2.08. The molecule has 0 bridgehead atoms. The first kappa shape index (κ1) is 14.7. The molecule has 0 radical (unpaired) electrons. The Morgan fingerprint density at radius 3 is 2.27 bits per heavy atom. The Morgan fingerprint density at radius 2 is 1.87 bits per heavy atom. The van der Waals surface area contributed by atoms with Crippen LogP contribution >= 0.6 is 0 Å². The zero-order valence-electron chi connectivity index (χ0n) is 9.18. The van der Waals surface area contributed by atoms with E-state index in [4.69, 9.17) is 5.11 Å². The molecule has 5 heteroatoms. The van der Waals surface area contributed by atoms with E-state index < -0.39 is 12.8 Å². The monoisotopic (exact) mass is 228 g/mol. The highest BCUT2D eigenvalue weighted by Gasteiger charge is 2.27. The molecule has 0 aliphatic rings. The Labute approximate surface area is 88.4 Å². The van der Waals surface area contributed by atoms with Crippen molar-refractivity contribution in [1.29, 1.82) is 0 Å². The first-order valence-electron chi connectivity index (χ1n) is 5.12. The van der Waals surface area contributed by atoms with Crippen LogP contribution in [-0.2, 0) is 4.74 Å². The van der Waals surface area contributed by atoms with Crippen molar-refractivity contribution in [3.8, 4) is 0 Å². The summed E-state index contributed by atoms with van der Waals surface area (Å²) in [5.41, 5.74) is 0. The van der Waals surface area contributed by atoms with Crippen molar-refractivity contribution < 1.29 is 23.0 Å². The third-order valence-electron chi connectivity index (χ3n) is 2.31. The minimum absolute atomic E-state index is 0.0803. The van der Waals surface area contributed by atoms with Crippen LogP contribution in [-0.4, -0.2) is 31.1 Å². The van der Waals surface area contributed by atoms with E-state index in [0.29, 0.717) is 18.8 Å². The molecule has 0 aromatic carbocycles. The van der Waals surface area contributed by atoms with Gasteiger partial charge in [-0.15, -0.1) is 0 Å². The van der Waals surface area contributed by atoms with Gasteiger partial charge in [0.2, 0.25) is 0 Å². The van der Waals surface area contributed by atoms with Gasteiger partial charge in [-0.2, -0.15) is 13.2 Å². The smallest absolute Gasteiger partial charge is 0.396 e. The number of ether oxygens (including phenoxy) is 1. The summed E-state index contributed by atoms with van der Waals surface area (Å²) in [7, 11) is 0. The molecule has 0 aromatic rings. The SMILES string of the molecule is CC(C)C(CO)CCCOCC(F)(F)F.